The summed E-state index contributed by atoms with van der Waals surface area (Å²) in [5.74, 6) is 2.00. The summed E-state index contributed by atoms with van der Waals surface area (Å²) < 4.78 is 22.7. The summed E-state index contributed by atoms with van der Waals surface area (Å²) in [7, 11) is 3.27. The van der Waals surface area contributed by atoms with Gasteiger partial charge in [0.1, 0.15) is 6.61 Å². The molecule has 21 heavy (non-hydrogen) atoms. The van der Waals surface area contributed by atoms with Crippen LogP contribution in [-0.4, -0.2) is 32.5 Å². The van der Waals surface area contributed by atoms with Crippen molar-refractivity contribution in [3.63, 3.8) is 0 Å². The molecule has 0 aliphatic carbocycles. The maximum atomic E-state index is 5.95. The fourth-order valence-corrected chi connectivity index (χ4v) is 2.85. The molecule has 1 aliphatic heterocycles. The molecule has 0 aromatic heterocycles. The molecule has 5 heteroatoms. The smallest absolute Gasteiger partial charge is 0.203 e. The molecule has 1 aromatic carbocycles. The summed E-state index contributed by atoms with van der Waals surface area (Å²) in [6.07, 6.45) is 2.18. The van der Waals surface area contributed by atoms with E-state index in [-0.39, 0.29) is 11.7 Å². The van der Waals surface area contributed by atoms with Crippen molar-refractivity contribution >= 4 is 15.9 Å². The van der Waals surface area contributed by atoms with Gasteiger partial charge in [0, 0.05) is 5.33 Å². The van der Waals surface area contributed by atoms with Crippen LogP contribution in [0.5, 0.6) is 17.2 Å². The van der Waals surface area contributed by atoms with Crippen molar-refractivity contribution in [2.75, 3.05) is 20.8 Å². The van der Waals surface area contributed by atoms with Gasteiger partial charge < -0.3 is 18.9 Å². The lowest BCUT2D eigenvalue weighted by Crippen LogP contribution is -2.24. The molecule has 0 saturated carbocycles. The highest BCUT2D eigenvalue weighted by Crippen LogP contribution is 2.40. The summed E-state index contributed by atoms with van der Waals surface area (Å²) in [4.78, 5) is 0. The molecule has 1 saturated heterocycles. The Bertz CT molecular complexity index is 462. The Morgan fingerprint density at radius 2 is 1.86 bits per heavy atom. The van der Waals surface area contributed by atoms with Crippen molar-refractivity contribution in [2.24, 2.45) is 0 Å². The molecule has 2 rings (SSSR count). The first-order chi connectivity index (χ1) is 9.99. The van der Waals surface area contributed by atoms with Crippen LogP contribution in [0, 0.1) is 0 Å². The monoisotopic (exact) mass is 358 g/mol. The highest BCUT2D eigenvalue weighted by Gasteiger charge is 2.32. The first kappa shape index (κ1) is 16.4. The molecule has 4 nitrogen and oxygen atoms in total. The van der Waals surface area contributed by atoms with Crippen LogP contribution >= 0.6 is 15.9 Å². The van der Waals surface area contributed by atoms with E-state index < -0.39 is 0 Å². The molecule has 1 aromatic rings. The summed E-state index contributed by atoms with van der Waals surface area (Å²) in [6, 6.07) is 3.90. The second-order valence-electron chi connectivity index (χ2n) is 5.81. The van der Waals surface area contributed by atoms with E-state index >= 15 is 0 Å². The van der Waals surface area contributed by atoms with Crippen LogP contribution in [0.25, 0.3) is 0 Å². The Morgan fingerprint density at radius 3 is 2.29 bits per heavy atom. The Hall–Kier alpha value is -0.940. The van der Waals surface area contributed by atoms with E-state index in [2.05, 4.69) is 29.8 Å². The van der Waals surface area contributed by atoms with Crippen LogP contribution in [0.3, 0.4) is 0 Å². The SMILES string of the molecule is COc1cc(CBr)cc(OC)c1OCC1CCC(C)(C)O1. The summed E-state index contributed by atoms with van der Waals surface area (Å²) in [5.41, 5.74) is 1.02. The lowest BCUT2D eigenvalue weighted by molar-refractivity contribution is -0.0331. The molecule has 1 atom stereocenters. The number of hydrogen-bond donors (Lipinski definition) is 0. The van der Waals surface area contributed by atoms with Gasteiger partial charge in [0.05, 0.1) is 25.9 Å². The summed E-state index contributed by atoms with van der Waals surface area (Å²) in [5, 5.41) is 0.736. The lowest BCUT2D eigenvalue weighted by atomic mass is 10.1. The predicted molar refractivity (Wildman–Crippen MR) is 85.9 cm³/mol. The number of hydrogen-bond acceptors (Lipinski definition) is 4. The quantitative estimate of drug-likeness (QED) is 0.721. The number of halogens is 1. The van der Waals surface area contributed by atoms with Crippen LogP contribution in [0.1, 0.15) is 32.3 Å². The molecule has 0 N–H and O–H groups in total. The topological polar surface area (TPSA) is 36.9 Å². The predicted octanol–water partition coefficient (Wildman–Crippen LogP) is 3.94. The molecule has 1 unspecified atom stereocenters. The van der Waals surface area contributed by atoms with Gasteiger partial charge in [0.15, 0.2) is 11.5 Å². The van der Waals surface area contributed by atoms with Crippen molar-refractivity contribution in [2.45, 2.75) is 43.7 Å². The minimum atomic E-state index is -0.0536. The van der Waals surface area contributed by atoms with Crippen molar-refractivity contribution in [3.05, 3.63) is 17.7 Å². The number of rotatable bonds is 6. The van der Waals surface area contributed by atoms with Gasteiger partial charge in [-0.2, -0.15) is 0 Å². The van der Waals surface area contributed by atoms with Crippen molar-refractivity contribution < 1.29 is 18.9 Å². The van der Waals surface area contributed by atoms with Crippen molar-refractivity contribution in [1.82, 2.24) is 0 Å². The van der Waals surface area contributed by atoms with Gasteiger partial charge in [0.2, 0.25) is 5.75 Å². The van der Waals surface area contributed by atoms with Crippen LogP contribution in [0.4, 0.5) is 0 Å². The molecular formula is C16H23BrO4. The molecule has 0 radical (unpaired) electrons. The van der Waals surface area contributed by atoms with E-state index in [1.807, 2.05) is 12.1 Å². The number of benzene rings is 1. The van der Waals surface area contributed by atoms with Gasteiger partial charge in [-0.25, -0.2) is 0 Å². The summed E-state index contributed by atoms with van der Waals surface area (Å²) in [6.45, 7) is 4.72. The zero-order chi connectivity index (χ0) is 15.5. The average molecular weight is 359 g/mol. The molecule has 1 aliphatic rings. The third kappa shape index (κ3) is 4.04. The van der Waals surface area contributed by atoms with Crippen molar-refractivity contribution in [1.29, 1.82) is 0 Å². The van der Waals surface area contributed by atoms with E-state index in [9.17, 15) is 0 Å². The molecule has 0 spiro atoms. The van der Waals surface area contributed by atoms with Gasteiger partial charge in [-0.3, -0.25) is 0 Å². The van der Waals surface area contributed by atoms with Gasteiger partial charge in [-0.1, -0.05) is 15.9 Å². The molecule has 118 valence electrons. The van der Waals surface area contributed by atoms with E-state index in [1.54, 1.807) is 14.2 Å². The molecule has 0 amide bonds. The molecular weight excluding hydrogens is 336 g/mol. The second kappa shape index (κ2) is 6.88. The zero-order valence-electron chi connectivity index (χ0n) is 13.1. The van der Waals surface area contributed by atoms with E-state index in [4.69, 9.17) is 18.9 Å². The minimum absolute atomic E-state index is 0.0536. The van der Waals surface area contributed by atoms with E-state index in [0.717, 1.165) is 23.7 Å². The van der Waals surface area contributed by atoms with Crippen LogP contribution in [0.2, 0.25) is 0 Å². The maximum Gasteiger partial charge on any atom is 0.203 e. The normalized spacial score (nSPS) is 20.3. The third-order valence-corrected chi connectivity index (χ3v) is 4.29. The van der Waals surface area contributed by atoms with E-state index in [1.165, 1.54) is 0 Å². The standard InChI is InChI=1S/C16H23BrO4/c1-16(2)6-5-12(21-16)10-20-15-13(18-3)7-11(9-17)8-14(15)19-4/h7-8,12H,5-6,9-10H2,1-4H3. The van der Waals surface area contributed by atoms with Gasteiger partial charge in [-0.15, -0.1) is 0 Å². The molecule has 0 bridgehead atoms. The van der Waals surface area contributed by atoms with Gasteiger partial charge in [0.25, 0.3) is 0 Å². The fourth-order valence-electron chi connectivity index (χ4n) is 2.52. The summed E-state index contributed by atoms with van der Waals surface area (Å²) >= 11 is 3.44. The minimum Gasteiger partial charge on any atom is -0.493 e. The highest BCUT2D eigenvalue weighted by atomic mass is 79.9. The molecule has 1 heterocycles. The lowest BCUT2D eigenvalue weighted by Gasteiger charge is -2.21. The first-order valence-corrected chi connectivity index (χ1v) is 8.22. The number of ether oxygens (including phenoxy) is 4. The largest absolute Gasteiger partial charge is 0.493 e. The van der Waals surface area contributed by atoms with Crippen LogP contribution < -0.4 is 14.2 Å². The maximum absolute atomic E-state index is 5.95. The third-order valence-electron chi connectivity index (χ3n) is 3.64. The first-order valence-electron chi connectivity index (χ1n) is 7.10. The van der Waals surface area contributed by atoms with Crippen LogP contribution in [-0.2, 0) is 10.1 Å². The second-order valence-corrected chi connectivity index (χ2v) is 6.37. The average Bonchev–Trinajstić information content (AvgIpc) is 2.83. The fraction of sp³-hybridized carbons (Fsp3) is 0.625. The molecule has 1 fully saturated rings. The van der Waals surface area contributed by atoms with Gasteiger partial charge in [-0.05, 0) is 44.4 Å². The Labute approximate surface area is 134 Å². The Morgan fingerprint density at radius 1 is 1.24 bits per heavy atom. The highest BCUT2D eigenvalue weighted by molar-refractivity contribution is 9.08. The Kier molecular flexibility index (Phi) is 5.38. The van der Waals surface area contributed by atoms with Gasteiger partial charge >= 0.3 is 0 Å². The zero-order valence-corrected chi connectivity index (χ0v) is 14.7. The number of methoxy groups -OCH3 is 2. The van der Waals surface area contributed by atoms with Crippen molar-refractivity contribution in [3.8, 4) is 17.2 Å². The van der Waals surface area contributed by atoms with E-state index in [0.29, 0.717) is 23.9 Å². The van der Waals surface area contributed by atoms with Crippen LogP contribution in [0.15, 0.2) is 12.1 Å². The number of alkyl halides is 1. The Balaban J connectivity index is 2.11.